The maximum Gasteiger partial charge on any atom is 0.455 e. The second-order valence-electron chi connectivity index (χ2n) is 5.98. The van der Waals surface area contributed by atoms with Crippen LogP contribution in [0.5, 0.6) is 0 Å². The van der Waals surface area contributed by atoms with Gasteiger partial charge in [0.15, 0.2) is 0 Å². The Labute approximate surface area is 142 Å². The predicted octanol–water partition coefficient (Wildman–Crippen LogP) is 0.986. The second-order valence-corrected chi connectivity index (χ2v) is 5.98. The highest BCUT2D eigenvalue weighted by molar-refractivity contribution is 6.44. The summed E-state index contributed by atoms with van der Waals surface area (Å²) in [6.45, 7) is 0.0641. The summed E-state index contributed by atoms with van der Waals surface area (Å²) in [5.41, 5.74) is -0.341. The van der Waals surface area contributed by atoms with E-state index >= 15 is 0 Å². The highest BCUT2D eigenvalue weighted by Gasteiger charge is 2.44. The number of aromatic nitrogens is 2. The molecule has 1 saturated carbocycles. The highest BCUT2D eigenvalue weighted by Crippen LogP contribution is 2.47. The number of aromatic amines is 1. The van der Waals surface area contributed by atoms with Crippen molar-refractivity contribution in [3.05, 3.63) is 52.2 Å². The van der Waals surface area contributed by atoms with Gasteiger partial charge in [0.25, 0.3) is 0 Å². The van der Waals surface area contributed by atoms with Crippen molar-refractivity contribution in [3.63, 3.8) is 0 Å². The second kappa shape index (κ2) is 7.16. The summed E-state index contributed by atoms with van der Waals surface area (Å²) in [5.74, 6) is -1.36. The molecule has 1 aromatic carbocycles. The molecule has 1 aromatic heterocycles. The van der Waals surface area contributed by atoms with Gasteiger partial charge in [0, 0.05) is 11.8 Å². The minimum atomic E-state index is -1.35. The Morgan fingerprint density at radius 3 is 2.72 bits per heavy atom. The predicted molar refractivity (Wildman–Crippen MR) is 87.2 cm³/mol. The number of carbonyl (C=O) groups excluding carboxylic acids is 1. The zero-order chi connectivity index (χ0) is 18.0. The molecule has 0 aliphatic heterocycles. The average molecular weight is 346 g/mol. The fourth-order valence-corrected chi connectivity index (χ4v) is 2.73. The molecule has 7 nitrogen and oxygen atoms in total. The smallest absolute Gasteiger partial charge is 0.455 e. The Bertz CT molecular complexity index is 824. The molecule has 3 rings (SSSR count). The average Bonchev–Trinajstić information content (AvgIpc) is 3.36. The number of nitrogens with one attached hydrogen (secondary N) is 1. The molecule has 1 aliphatic carbocycles. The standard InChI is InChI=1S/C16H16BFN2O5/c18-11-3-1-9(2-4-11)12-8-19-20-14(15(12)21)16(22)25-6-5-10-7-13(10)17(23)24/h1-4,8,10,13,23-24H,5-7H2,(H,19,21). The van der Waals surface area contributed by atoms with Crippen LogP contribution < -0.4 is 5.43 Å². The number of ether oxygens (including phenoxy) is 1. The molecule has 130 valence electrons. The molecule has 1 aliphatic rings. The van der Waals surface area contributed by atoms with Gasteiger partial charge in [-0.25, -0.2) is 9.18 Å². The summed E-state index contributed by atoms with van der Waals surface area (Å²) in [4.78, 5) is 24.5. The molecule has 0 spiro atoms. The molecule has 0 amide bonds. The lowest BCUT2D eigenvalue weighted by molar-refractivity contribution is 0.0485. The molecule has 25 heavy (non-hydrogen) atoms. The van der Waals surface area contributed by atoms with Gasteiger partial charge in [0.2, 0.25) is 11.1 Å². The summed E-state index contributed by atoms with van der Waals surface area (Å²) in [6.07, 6.45) is 2.50. The molecule has 2 atom stereocenters. The van der Waals surface area contributed by atoms with Gasteiger partial charge in [0.1, 0.15) is 5.82 Å². The van der Waals surface area contributed by atoms with Crippen LogP contribution in [-0.4, -0.2) is 39.9 Å². The van der Waals surface area contributed by atoms with Gasteiger partial charge in [-0.2, -0.15) is 5.10 Å². The fourth-order valence-electron chi connectivity index (χ4n) is 2.73. The number of nitrogens with zero attached hydrogens (tertiary/aromatic N) is 1. The quantitative estimate of drug-likeness (QED) is 0.531. The van der Waals surface area contributed by atoms with E-state index in [1.807, 2.05) is 0 Å². The summed E-state index contributed by atoms with van der Waals surface area (Å²) >= 11 is 0. The van der Waals surface area contributed by atoms with Crippen LogP contribution in [0.25, 0.3) is 11.1 Å². The lowest BCUT2D eigenvalue weighted by Crippen LogP contribution is -2.22. The van der Waals surface area contributed by atoms with Crippen molar-refractivity contribution in [3.8, 4) is 11.1 Å². The molecular weight excluding hydrogens is 330 g/mol. The molecule has 9 heteroatoms. The van der Waals surface area contributed by atoms with Gasteiger partial charge in [-0.3, -0.25) is 9.89 Å². The molecule has 1 heterocycles. The normalized spacial score (nSPS) is 18.7. The van der Waals surface area contributed by atoms with Crippen LogP contribution in [0.2, 0.25) is 5.82 Å². The van der Waals surface area contributed by atoms with Gasteiger partial charge in [-0.15, -0.1) is 0 Å². The molecule has 2 unspecified atom stereocenters. The first kappa shape index (κ1) is 17.3. The summed E-state index contributed by atoms with van der Waals surface area (Å²) < 4.78 is 18.0. The van der Waals surface area contributed by atoms with Gasteiger partial charge >= 0.3 is 13.1 Å². The van der Waals surface area contributed by atoms with Gasteiger partial charge in [-0.05, 0) is 42.3 Å². The Kier molecular flexibility index (Phi) is 4.96. The van der Waals surface area contributed by atoms with Gasteiger partial charge in [-0.1, -0.05) is 12.1 Å². The van der Waals surface area contributed by atoms with Crippen molar-refractivity contribution in [2.45, 2.75) is 18.7 Å². The van der Waals surface area contributed by atoms with E-state index in [0.717, 1.165) is 0 Å². The van der Waals surface area contributed by atoms with Crippen molar-refractivity contribution in [1.82, 2.24) is 10.2 Å². The van der Waals surface area contributed by atoms with Crippen LogP contribution in [0.15, 0.2) is 35.3 Å². The zero-order valence-electron chi connectivity index (χ0n) is 13.2. The third-order valence-electron chi connectivity index (χ3n) is 4.28. The summed E-state index contributed by atoms with van der Waals surface area (Å²) in [5, 5.41) is 24.2. The molecule has 3 N–H and O–H groups in total. The van der Waals surface area contributed by atoms with E-state index in [2.05, 4.69) is 10.2 Å². The number of rotatable bonds is 6. The van der Waals surface area contributed by atoms with E-state index in [1.165, 1.54) is 30.5 Å². The van der Waals surface area contributed by atoms with Crippen molar-refractivity contribution >= 4 is 13.1 Å². The lowest BCUT2D eigenvalue weighted by Gasteiger charge is -2.05. The van der Waals surface area contributed by atoms with Crippen LogP contribution >= 0.6 is 0 Å². The van der Waals surface area contributed by atoms with E-state index in [0.29, 0.717) is 18.4 Å². The van der Waals surface area contributed by atoms with Crippen molar-refractivity contribution < 1.29 is 24.0 Å². The number of halogens is 1. The van der Waals surface area contributed by atoms with Gasteiger partial charge < -0.3 is 14.8 Å². The highest BCUT2D eigenvalue weighted by atomic mass is 19.1. The summed E-state index contributed by atoms with van der Waals surface area (Å²) in [6, 6.07) is 5.30. The minimum absolute atomic E-state index is 0.0641. The van der Waals surface area contributed by atoms with Crippen LogP contribution in [-0.2, 0) is 4.74 Å². The maximum atomic E-state index is 13.0. The molecule has 0 radical (unpaired) electrons. The summed E-state index contributed by atoms with van der Waals surface area (Å²) in [7, 11) is -1.35. The first-order valence-electron chi connectivity index (χ1n) is 7.84. The molecular formula is C16H16BFN2O5. The Hall–Kier alpha value is -2.52. The SMILES string of the molecule is O=C(OCCC1CC1B(O)O)c1n[nH]cc(-c2ccc(F)cc2)c1=O. The number of benzene rings is 1. The zero-order valence-corrected chi connectivity index (χ0v) is 13.2. The lowest BCUT2D eigenvalue weighted by atomic mass is 9.82. The minimum Gasteiger partial charge on any atom is -0.461 e. The van der Waals surface area contributed by atoms with E-state index in [4.69, 9.17) is 14.8 Å². The monoisotopic (exact) mass is 346 g/mol. The van der Waals surface area contributed by atoms with E-state index in [9.17, 15) is 14.0 Å². The largest absolute Gasteiger partial charge is 0.461 e. The number of carbonyl (C=O) groups is 1. The van der Waals surface area contributed by atoms with Crippen LogP contribution in [0.1, 0.15) is 23.3 Å². The van der Waals surface area contributed by atoms with Gasteiger partial charge in [0.05, 0.1) is 6.61 Å². The Balaban J connectivity index is 1.66. The maximum absolute atomic E-state index is 13.0. The fraction of sp³-hybridized carbons (Fsp3) is 0.312. The molecule has 2 aromatic rings. The number of H-pyrrole nitrogens is 1. The van der Waals surface area contributed by atoms with Crippen molar-refractivity contribution in [1.29, 1.82) is 0 Å². The van der Waals surface area contributed by atoms with Crippen LogP contribution in [0.4, 0.5) is 4.39 Å². The van der Waals surface area contributed by atoms with E-state index in [1.54, 1.807) is 0 Å². The third kappa shape index (κ3) is 3.94. The molecule has 0 bridgehead atoms. The van der Waals surface area contributed by atoms with E-state index in [-0.39, 0.29) is 29.6 Å². The van der Waals surface area contributed by atoms with Crippen molar-refractivity contribution in [2.24, 2.45) is 5.92 Å². The molecule has 1 fully saturated rings. The van der Waals surface area contributed by atoms with Crippen LogP contribution in [0.3, 0.4) is 0 Å². The number of esters is 1. The third-order valence-corrected chi connectivity index (χ3v) is 4.28. The van der Waals surface area contributed by atoms with Crippen molar-refractivity contribution in [2.75, 3.05) is 6.61 Å². The first-order valence-corrected chi connectivity index (χ1v) is 7.84. The Morgan fingerprint density at radius 2 is 2.08 bits per heavy atom. The molecule has 0 saturated heterocycles. The first-order chi connectivity index (χ1) is 12.0. The van der Waals surface area contributed by atoms with E-state index < -0.39 is 24.3 Å². The number of hydrogen-bond donors (Lipinski definition) is 3. The topological polar surface area (TPSA) is 113 Å². The number of hydrogen-bond acceptors (Lipinski definition) is 6. The van der Waals surface area contributed by atoms with Crippen LogP contribution in [0, 0.1) is 11.7 Å². The Morgan fingerprint density at radius 1 is 1.36 bits per heavy atom.